The van der Waals surface area contributed by atoms with Crippen molar-refractivity contribution >= 4 is 50.3 Å². The Bertz CT molecular complexity index is 1360. The average molecular weight is 486 g/mol. The molecule has 1 fully saturated rings. The van der Waals surface area contributed by atoms with Crippen LogP contribution < -0.4 is 5.32 Å². The molecule has 1 saturated heterocycles. The van der Waals surface area contributed by atoms with Gasteiger partial charge in [0.1, 0.15) is 6.04 Å². The van der Waals surface area contributed by atoms with E-state index in [9.17, 15) is 9.59 Å². The quantitative estimate of drug-likeness (QED) is 0.401. The van der Waals surface area contributed by atoms with Gasteiger partial charge in [-0.05, 0) is 40.6 Å². The molecule has 2 aromatic carbocycles. The molecule has 2 amide bonds. The summed E-state index contributed by atoms with van der Waals surface area (Å²) in [5, 5.41) is 8.09. The lowest BCUT2D eigenvalue weighted by Gasteiger charge is -2.38. The molecule has 5 nitrogen and oxygen atoms in total. The van der Waals surface area contributed by atoms with Gasteiger partial charge in [0.05, 0.1) is 10.4 Å². The van der Waals surface area contributed by atoms with Crippen LogP contribution in [0.5, 0.6) is 0 Å². The molecule has 5 rings (SSSR count). The molecule has 4 aromatic rings. The van der Waals surface area contributed by atoms with Crippen LogP contribution in [0, 0.1) is 12.3 Å². The summed E-state index contributed by atoms with van der Waals surface area (Å²) in [6, 6.07) is 19.0. The van der Waals surface area contributed by atoms with E-state index in [1.54, 1.807) is 17.4 Å². The molecule has 0 aliphatic carbocycles. The minimum Gasteiger partial charge on any atom is -0.336 e. The van der Waals surface area contributed by atoms with Crippen LogP contribution in [0.3, 0.4) is 0 Å². The number of nitrogens with one attached hydrogen (secondary N) is 1. The Morgan fingerprint density at radius 3 is 2.41 bits per heavy atom. The number of amides is 2. The van der Waals surface area contributed by atoms with Crippen molar-refractivity contribution in [3.8, 4) is 12.3 Å². The molecule has 1 aliphatic rings. The lowest BCUT2D eigenvalue weighted by Crippen LogP contribution is -2.51. The van der Waals surface area contributed by atoms with Crippen LogP contribution in [-0.2, 0) is 4.79 Å². The van der Waals surface area contributed by atoms with Crippen molar-refractivity contribution < 1.29 is 9.59 Å². The smallest absolute Gasteiger partial charge is 0.254 e. The maximum absolute atomic E-state index is 13.6. The zero-order valence-corrected chi connectivity index (χ0v) is 20.1. The zero-order chi connectivity index (χ0) is 23.5. The number of anilines is 1. The van der Waals surface area contributed by atoms with Gasteiger partial charge in [-0.25, -0.2) is 0 Å². The second-order valence-electron chi connectivity index (χ2n) is 8.12. The van der Waals surface area contributed by atoms with E-state index in [2.05, 4.69) is 33.6 Å². The predicted octanol–water partition coefficient (Wildman–Crippen LogP) is 5.08. The van der Waals surface area contributed by atoms with Crippen LogP contribution in [0.25, 0.3) is 10.1 Å². The second-order valence-corrected chi connectivity index (χ2v) is 9.94. The summed E-state index contributed by atoms with van der Waals surface area (Å²) < 4.78 is 1.16. The van der Waals surface area contributed by atoms with E-state index in [4.69, 9.17) is 6.42 Å². The first-order chi connectivity index (χ1) is 16.6. The Balaban J connectivity index is 1.38. The monoisotopic (exact) mass is 485 g/mol. The Morgan fingerprint density at radius 1 is 0.941 bits per heavy atom. The summed E-state index contributed by atoms with van der Waals surface area (Å²) in [5.74, 6) is 2.51. The van der Waals surface area contributed by atoms with Crippen molar-refractivity contribution in [3.05, 3.63) is 87.4 Å². The first-order valence-electron chi connectivity index (χ1n) is 11.0. The largest absolute Gasteiger partial charge is 0.336 e. The summed E-state index contributed by atoms with van der Waals surface area (Å²) in [5.41, 5.74) is 2.41. The van der Waals surface area contributed by atoms with Gasteiger partial charge in [-0.1, -0.05) is 42.3 Å². The molecule has 0 bridgehead atoms. The fourth-order valence-electron chi connectivity index (χ4n) is 4.34. The molecule has 3 heterocycles. The second kappa shape index (κ2) is 9.82. The van der Waals surface area contributed by atoms with Gasteiger partial charge in [-0.3, -0.25) is 14.5 Å². The molecular formula is C27H23N3O2S2. The normalized spacial score (nSPS) is 15.1. The van der Waals surface area contributed by atoms with Crippen LogP contribution in [0.2, 0.25) is 0 Å². The number of benzene rings is 2. The first-order valence-corrected chi connectivity index (χ1v) is 12.8. The highest BCUT2D eigenvalue weighted by Crippen LogP contribution is 2.34. The number of terminal acetylenes is 1. The van der Waals surface area contributed by atoms with Gasteiger partial charge in [0, 0.05) is 41.9 Å². The van der Waals surface area contributed by atoms with E-state index in [0.717, 1.165) is 26.2 Å². The summed E-state index contributed by atoms with van der Waals surface area (Å²) in [6.07, 6.45) is 5.45. The van der Waals surface area contributed by atoms with E-state index >= 15 is 0 Å². The maximum atomic E-state index is 13.6. The molecule has 1 unspecified atom stereocenters. The van der Waals surface area contributed by atoms with E-state index in [1.807, 2.05) is 52.7 Å². The highest BCUT2D eigenvalue weighted by Gasteiger charge is 2.33. The van der Waals surface area contributed by atoms with E-state index < -0.39 is 6.04 Å². The fraction of sp³-hybridized carbons (Fsp3) is 0.185. The van der Waals surface area contributed by atoms with Crippen LogP contribution in [-0.4, -0.2) is 47.8 Å². The van der Waals surface area contributed by atoms with E-state index in [0.29, 0.717) is 31.7 Å². The number of fused-ring (bicyclic) bond motifs is 1. The molecule has 0 spiro atoms. The fourth-order valence-corrected chi connectivity index (χ4v) is 6.00. The van der Waals surface area contributed by atoms with Gasteiger partial charge < -0.3 is 10.2 Å². The number of carbonyl (C=O) groups excluding carboxylic acids is 2. The van der Waals surface area contributed by atoms with Crippen molar-refractivity contribution in [2.24, 2.45) is 0 Å². The molecule has 34 heavy (non-hydrogen) atoms. The third-order valence-corrected chi connectivity index (χ3v) is 7.89. The molecule has 0 radical (unpaired) electrons. The molecule has 7 heteroatoms. The summed E-state index contributed by atoms with van der Waals surface area (Å²) >= 11 is 3.06. The van der Waals surface area contributed by atoms with Crippen LogP contribution in [0.1, 0.15) is 26.8 Å². The molecule has 1 N–H and O–H groups in total. The Morgan fingerprint density at radius 2 is 1.68 bits per heavy atom. The summed E-state index contributed by atoms with van der Waals surface area (Å²) in [7, 11) is 0. The molecular weight excluding hydrogens is 462 g/mol. The third-order valence-electron chi connectivity index (χ3n) is 6.05. The van der Waals surface area contributed by atoms with Crippen molar-refractivity contribution in [3.63, 3.8) is 0 Å². The molecule has 2 aromatic heterocycles. The Kier molecular flexibility index (Phi) is 6.45. The van der Waals surface area contributed by atoms with Crippen LogP contribution in [0.15, 0.2) is 71.4 Å². The molecule has 170 valence electrons. The number of thiophene rings is 2. The van der Waals surface area contributed by atoms with Gasteiger partial charge in [0.2, 0.25) is 5.91 Å². The Labute approximate surface area is 206 Å². The van der Waals surface area contributed by atoms with Crippen LogP contribution in [0.4, 0.5) is 5.69 Å². The van der Waals surface area contributed by atoms with Crippen molar-refractivity contribution in [2.45, 2.75) is 6.04 Å². The van der Waals surface area contributed by atoms with Gasteiger partial charge in [-0.2, -0.15) is 0 Å². The molecule has 1 aliphatic heterocycles. The van der Waals surface area contributed by atoms with E-state index in [-0.39, 0.29) is 11.8 Å². The van der Waals surface area contributed by atoms with Crippen molar-refractivity contribution in [2.75, 3.05) is 31.5 Å². The number of rotatable bonds is 5. The first kappa shape index (κ1) is 22.4. The van der Waals surface area contributed by atoms with Crippen molar-refractivity contribution in [1.29, 1.82) is 0 Å². The lowest BCUT2D eigenvalue weighted by atomic mass is 10.0. The number of carbonyl (C=O) groups is 2. The van der Waals surface area contributed by atoms with Gasteiger partial charge in [0.15, 0.2) is 0 Å². The summed E-state index contributed by atoms with van der Waals surface area (Å²) in [4.78, 5) is 31.3. The standard InChI is InChI=1S/C27H23N3O2S2/c1-2-21-16-19(17-33-21)27(32)30-14-12-29(13-15-30)25(26(31)28-20-8-4-3-5-9-20)23-18-34-24-11-7-6-10-22(23)24/h1,3-11,16-18,25H,12-15H2,(H,28,31). The number of hydrogen-bond acceptors (Lipinski definition) is 5. The van der Waals surface area contributed by atoms with Crippen LogP contribution >= 0.6 is 22.7 Å². The predicted molar refractivity (Wildman–Crippen MR) is 139 cm³/mol. The zero-order valence-electron chi connectivity index (χ0n) is 18.4. The molecule has 0 saturated carbocycles. The van der Waals surface area contributed by atoms with E-state index in [1.165, 1.54) is 11.3 Å². The number of piperazine rings is 1. The highest BCUT2D eigenvalue weighted by atomic mass is 32.1. The minimum absolute atomic E-state index is 0.0105. The van der Waals surface area contributed by atoms with Crippen molar-refractivity contribution in [1.82, 2.24) is 9.80 Å². The molecule has 1 atom stereocenters. The van der Waals surface area contributed by atoms with Gasteiger partial charge in [0.25, 0.3) is 5.91 Å². The SMILES string of the molecule is C#Cc1cc(C(=O)N2CCN(C(C(=O)Nc3ccccc3)c3csc4ccccc34)CC2)cs1. The highest BCUT2D eigenvalue weighted by molar-refractivity contribution is 7.17. The maximum Gasteiger partial charge on any atom is 0.254 e. The number of para-hydroxylation sites is 1. The number of nitrogens with zero attached hydrogens (tertiary/aromatic N) is 2. The minimum atomic E-state index is -0.442. The average Bonchev–Trinajstić information content (AvgIpc) is 3.53. The van der Waals surface area contributed by atoms with Gasteiger partial charge >= 0.3 is 0 Å². The lowest BCUT2D eigenvalue weighted by molar-refractivity contribution is -0.122. The third kappa shape index (κ3) is 4.48. The van der Waals surface area contributed by atoms with Gasteiger partial charge in [-0.15, -0.1) is 29.1 Å². The number of hydrogen-bond donors (Lipinski definition) is 1. The topological polar surface area (TPSA) is 52.7 Å². The summed E-state index contributed by atoms with van der Waals surface area (Å²) in [6.45, 7) is 2.32. The Hall–Kier alpha value is -3.44.